The van der Waals surface area contributed by atoms with Crippen molar-refractivity contribution in [3.63, 3.8) is 0 Å². The van der Waals surface area contributed by atoms with Crippen LogP contribution in [0.25, 0.3) is 0 Å². The second-order valence-corrected chi connectivity index (χ2v) is 12.2. The highest BCUT2D eigenvalue weighted by atomic mass is 32.2. The summed E-state index contributed by atoms with van der Waals surface area (Å²) in [7, 11) is -6.14. The second kappa shape index (κ2) is 9.32. The molecule has 0 aromatic rings. The van der Waals surface area contributed by atoms with Crippen molar-refractivity contribution in [3.05, 3.63) is 0 Å². The van der Waals surface area contributed by atoms with Gasteiger partial charge in [0.25, 0.3) is 0 Å². The number of ether oxygens (including phenoxy) is 2. The second-order valence-electron chi connectivity index (χ2n) is 10.8. The zero-order valence-corrected chi connectivity index (χ0v) is 20.0. The number of alkyl halides is 6. The Morgan fingerprint density at radius 1 is 0.778 bits per heavy atom. The van der Waals surface area contributed by atoms with Crippen LogP contribution < -0.4 is 0 Å². The molecule has 0 aromatic heterocycles. The van der Waals surface area contributed by atoms with Gasteiger partial charge in [-0.3, -0.25) is 9.59 Å². The summed E-state index contributed by atoms with van der Waals surface area (Å²) < 4.78 is 124. The van der Waals surface area contributed by atoms with Crippen LogP contribution in [-0.4, -0.2) is 54.7 Å². The first-order valence-corrected chi connectivity index (χ1v) is 13.6. The topological polar surface area (TPSA) is 110 Å². The van der Waals surface area contributed by atoms with Crippen molar-refractivity contribution < 1.29 is 58.4 Å². The molecule has 7 nitrogen and oxygen atoms in total. The fraction of sp³-hybridized carbons (Fsp3) is 0.909. The predicted octanol–water partition coefficient (Wildman–Crippen LogP) is 4.11. The van der Waals surface area contributed by atoms with Crippen molar-refractivity contribution in [2.75, 3.05) is 5.75 Å². The lowest BCUT2D eigenvalue weighted by Crippen LogP contribution is -2.64. The van der Waals surface area contributed by atoms with Crippen molar-refractivity contribution >= 4 is 22.1 Å². The molecule has 5 fully saturated rings. The summed E-state index contributed by atoms with van der Waals surface area (Å²) >= 11 is 0. The Balaban J connectivity index is 1.54. The summed E-state index contributed by atoms with van der Waals surface area (Å²) in [5.74, 6) is -7.56. The number of carbonyl (C=O) groups excluding carboxylic acids is 2. The van der Waals surface area contributed by atoms with Gasteiger partial charge >= 0.3 is 29.9 Å². The first kappa shape index (κ1) is 27.5. The summed E-state index contributed by atoms with van der Waals surface area (Å²) in [5.41, 5.74) is -5.55. The van der Waals surface area contributed by atoms with E-state index in [1.165, 1.54) is 0 Å². The van der Waals surface area contributed by atoms with E-state index in [1.54, 1.807) is 0 Å². The van der Waals surface area contributed by atoms with E-state index in [1.807, 2.05) is 0 Å². The maximum Gasteiger partial charge on any atom is 0.438 e. The molecule has 4 bridgehead atoms. The number of rotatable bonds is 6. The Morgan fingerprint density at radius 3 is 1.64 bits per heavy atom. The molecule has 5 saturated carbocycles. The minimum Gasteiger partial charge on any atom is -0.748 e. The molecule has 5 aliphatic rings. The molecule has 0 aliphatic heterocycles. The lowest BCUT2D eigenvalue weighted by atomic mass is 9.55. The molecule has 5 rings (SSSR count). The van der Waals surface area contributed by atoms with E-state index in [4.69, 9.17) is 4.74 Å². The number of hydrogen-bond donors (Lipinski definition) is 0. The molecule has 0 spiro atoms. The number of carbonyl (C=O) groups is 2. The average Bonchev–Trinajstić information content (AvgIpc) is 2.72. The van der Waals surface area contributed by atoms with Crippen LogP contribution in [0.2, 0.25) is 0 Å². The molecule has 0 aromatic carbocycles. The summed E-state index contributed by atoms with van der Waals surface area (Å²) in [6, 6.07) is 0. The molecule has 2 atom stereocenters. The van der Waals surface area contributed by atoms with Gasteiger partial charge in [-0.15, -0.1) is 0 Å². The Morgan fingerprint density at radius 2 is 1.22 bits per heavy atom. The smallest absolute Gasteiger partial charge is 0.438 e. The standard InChI is InChI=1S/C22H28F6O7S/c23-21(24,25)20(22(26,27)28,10-36(31,32)33)35-19(30)16-4-2-1-3-15(16)18(29)34-17-13-6-11-5-12(8-13)9-14(17)7-11/h11-17H,1-10H2,(H,31,32,33)/p-1. The molecular weight excluding hydrogens is 522 g/mol. The zero-order chi connectivity index (χ0) is 26.7. The van der Waals surface area contributed by atoms with Gasteiger partial charge in [-0.1, -0.05) is 12.8 Å². The predicted molar refractivity (Wildman–Crippen MR) is 108 cm³/mol. The van der Waals surface area contributed by atoms with E-state index in [0.717, 1.165) is 32.1 Å². The van der Waals surface area contributed by atoms with Crippen molar-refractivity contribution in [1.29, 1.82) is 0 Å². The first-order valence-electron chi connectivity index (χ1n) is 12.0. The van der Waals surface area contributed by atoms with E-state index in [-0.39, 0.29) is 31.1 Å². The minimum atomic E-state index is -6.45. The van der Waals surface area contributed by atoms with Gasteiger partial charge in [0.15, 0.2) is 0 Å². The highest BCUT2D eigenvalue weighted by Gasteiger charge is 2.75. The summed E-state index contributed by atoms with van der Waals surface area (Å²) in [4.78, 5) is 25.8. The molecule has 36 heavy (non-hydrogen) atoms. The van der Waals surface area contributed by atoms with Gasteiger partial charge in [0.2, 0.25) is 0 Å². The third-order valence-electron chi connectivity index (χ3n) is 8.33. The summed E-state index contributed by atoms with van der Waals surface area (Å²) in [5, 5.41) is 0. The molecule has 0 N–H and O–H groups in total. The fourth-order valence-corrected chi connectivity index (χ4v) is 7.83. The van der Waals surface area contributed by atoms with E-state index in [2.05, 4.69) is 4.74 Å². The van der Waals surface area contributed by atoms with Gasteiger partial charge in [-0.2, -0.15) is 26.3 Å². The molecule has 0 radical (unpaired) electrons. The van der Waals surface area contributed by atoms with E-state index in [0.29, 0.717) is 18.3 Å². The van der Waals surface area contributed by atoms with Crippen LogP contribution in [0, 0.1) is 35.5 Å². The van der Waals surface area contributed by atoms with Crippen LogP contribution in [-0.2, 0) is 29.2 Å². The highest BCUT2D eigenvalue weighted by Crippen LogP contribution is 2.55. The molecule has 0 saturated heterocycles. The Kier molecular flexibility index (Phi) is 7.11. The lowest BCUT2D eigenvalue weighted by Gasteiger charge is -2.53. The first-order chi connectivity index (χ1) is 16.5. The summed E-state index contributed by atoms with van der Waals surface area (Å²) in [6.07, 6.45) is -8.22. The van der Waals surface area contributed by atoms with Crippen LogP contribution >= 0.6 is 0 Å². The van der Waals surface area contributed by atoms with Crippen LogP contribution in [0.1, 0.15) is 57.8 Å². The van der Waals surface area contributed by atoms with Gasteiger partial charge in [0.05, 0.1) is 27.7 Å². The molecule has 0 heterocycles. The monoisotopic (exact) mass is 549 g/mol. The van der Waals surface area contributed by atoms with Crippen molar-refractivity contribution in [1.82, 2.24) is 0 Å². The molecule has 5 aliphatic carbocycles. The van der Waals surface area contributed by atoms with Crippen LogP contribution in [0.4, 0.5) is 26.3 Å². The molecule has 2 unspecified atom stereocenters. The Hall–Kier alpha value is -1.57. The minimum absolute atomic E-state index is 0.00318. The molecule has 0 amide bonds. The summed E-state index contributed by atoms with van der Waals surface area (Å²) in [6.45, 7) is 0. The quantitative estimate of drug-likeness (QED) is 0.279. The molecule has 206 valence electrons. The van der Waals surface area contributed by atoms with Gasteiger partial charge in [0.1, 0.15) is 6.10 Å². The average molecular weight is 550 g/mol. The number of hydrogen-bond acceptors (Lipinski definition) is 7. The maximum atomic E-state index is 13.6. The van der Waals surface area contributed by atoms with Crippen molar-refractivity contribution in [2.24, 2.45) is 35.5 Å². The Labute approximate surface area is 204 Å². The number of esters is 2. The van der Waals surface area contributed by atoms with Crippen LogP contribution in [0.5, 0.6) is 0 Å². The zero-order valence-electron chi connectivity index (χ0n) is 19.1. The Bertz CT molecular complexity index is 934. The number of halogens is 6. The van der Waals surface area contributed by atoms with Gasteiger partial charge in [-0.25, -0.2) is 8.42 Å². The maximum absolute atomic E-state index is 13.6. The SMILES string of the molecule is O=C(OC1C2CC3CC(C2)CC1C3)C1CCCCC1C(=O)OC(CS(=O)(=O)[O-])(C(F)(F)F)C(F)(F)F. The van der Waals surface area contributed by atoms with Gasteiger partial charge < -0.3 is 14.0 Å². The van der Waals surface area contributed by atoms with Gasteiger partial charge in [0, 0.05) is 0 Å². The normalized spacial score (nSPS) is 34.9. The van der Waals surface area contributed by atoms with E-state index in [9.17, 15) is 48.9 Å². The van der Waals surface area contributed by atoms with Crippen LogP contribution in [0.15, 0.2) is 0 Å². The fourth-order valence-electron chi connectivity index (χ4n) is 6.95. The van der Waals surface area contributed by atoms with Crippen molar-refractivity contribution in [3.8, 4) is 0 Å². The lowest BCUT2D eigenvalue weighted by molar-refractivity contribution is -0.362. The van der Waals surface area contributed by atoms with Gasteiger partial charge in [-0.05, 0) is 68.6 Å². The highest BCUT2D eigenvalue weighted by molar-refractivity contribution is 7.85. The van der Waals surface area contributed by atoms with Crippen molar-refractivity contribution in [2.45, 2.75) is 81.8 Å². The third-order valence-corrected chi connectivity index (χ3v) is 9.09. The largest absolute Gasteiger partial charge is 0.748 e. The molecule has 14 heteroatoms. The van der Waals surface area contributed by atoms with E-state index < -0.39 is 63.7 Å². The molecular formula is C22H27F6O7S-. The van der Waals surface area contributed by atoms with E-state index >= 15 is 0 Å². The van der Waals surface area contributed by atoms with Crippen LogP contribution in [0.3, 0.4) is 0 Å². The third kappa shape index (κ3) is 5.21.